The van der Waals surface area contributed by atoms with Crippen LogP contribution in [-0.2, 0) is 5.41 Å². The van der Waals surface area contributed by atoms with Crippen LogP contribution < -0.4 is 0 Å². The largest absolute Gasteiger partial charge is 0.135 e. The highest BCUT2D eigenvalue weighted by Gasteiger charge is 2.39. The molecule has 0 bridgehead atoms. The van der Waals surface area contributed by atoms with Gasteiger partial charge in [0.15, 0.2) is 0 Å². The van der Waals surface area contributed by atoms with Crippen molar-refractivity contribution in [1.29, 1.82) is 0 Å². The zero-order valence-corrected chi connectivity index (χ0v) is 32.2. The summed E-state index contributed by atoms with van der Waals surface area (Å²) in [6, 6.07) is 52.7. The third kappa shape index (κ3) is 4.41. The van der Waals surface area contributed by atoms with Crippen LogP contribution in [0.5, 0.6) is 0 Å². The maximum Gasteiger partial charge on any atom is 0.0440 e. The SMILES string of the molecule is CC1(C)c2cc(-c3cccc(-c4c5ccccc5c(C5=CC=CC6C=CC=CC56)c5ccccc45)c3)ccc2-c2c1c1ccccc1c1sc3ccccc3c21. The number of rotatable bonds is 3. The first kappa shape index (κ1) is 32.0. The van der Waals surface area contributed by atoms with Crippen LogP contribution in [0.25, 0.3) is 91.4 Å². The first-order valence-electron chi connectivity index (χ1n) is 19.9. The van der Waals surface area contributed by atoms with Crippen LogP contribution in [-0.4, -0.2) is 0 Å². The molecule has 0 fully saturated rings. The molecule has 0 N–H and O–H groups in total. The molecule has 8 aromatic carbocycles. The molecule has 0 saturated carbocycles. The van der Waals surface area contributed by atoms with Crippen molar-refractivity contribution in [1.82, 2.24) is 0 Å². The first-order chi connectivity index (χ1) is 27.6. The molecule has 0 radical (unpaired) electrons. The summed E-state index contributed by atoms with van der Waals surface area (Å²) in [5.41, 5.74) is 13.3. The zero-order valence-electron chi connectivity index (χ0n) is 31.4. The van der Waals surface area contributed by atoms with E-state index in [-0.39, 0.29) is 5.41 Å². The highest BCUT2D eigenvalue weighted by atomic mass is 32.1. The third-order valence-electron chi connectivity index (χ3n) is 13.0. The van der Waals surface area contributed by atoms with Gasteiger partial charge in [-0.05, 0) is 106 Å². The zero-order chi connectivity index (χ0) is 37.1. The second-order valence-electron chi connectivity index (χ2n) is 16.3. The fraction of sp³-hybridized carbons (Fsp3) is 0.0909. The van der Waals surface area contributed by atoms with E-state index in [1.807, 2.05) is 11.3 Å². The van der Waals surface area contributed by atoms with E-state index in [4.69, 9.17) is 0 Å². The van der Waals surface area contributed by atoms with E-state index in [2.05, 4.69) is 196 Å². The van der Waals surface area contributed by atoms with E-state index in [1.54, 1.807) is 0 Å². The molecule has 12 rings (SSSR count). The molecular weight excluding hydrogens is 693 g/mol. The van der Waals surface area contributed by atoms with Crippen molar-refractivity contribution < 1.29 is 0 Å². The van der Waals surface area contributed by atoms with Gasteiger partial charge in [0.25, 0.3) is 0 Å². The van der Waals surface area contributed by atoms with E-state index in [0.29, 0.717) is 11.8 Å². The van der Waals surface area contributed by atoms with Crippen molar-refractivity contribution in [3.63, 3.8) is 0 Å². The van der Waals surface area contributed by atoms with Crippen molar-refractivity contribution in [3.05, 3.63) is 199 Å². The van der Waals surface area contributed by atoms with Gasteiger partial charge in [0.1, 0.15) is 0 Å². The molecule has 2 atom stereocenters. The lowest BCUT2D eigenvalue weighted by Gasteiger charge is -2.29. The summed E-state index contributed by atoms with van der Waals surface area (Å²) in [6.07, 6.45) is 16.1. The molecule has 0 amide bonds. The highest BCUT2D eigenvalue weighted by Crippen LogP contribution is 2.58. The summed E-state index contributed by atoms with van der Waals surface area (Å²) >= 11 is 1.93. The molecule has 1 heterocycles. The number of fused-ring (bicyclic) bond motifs is 13. The Bertz CT molecular complexity index is 3230. The molecule has 3 aliphatic rings. The minimum absolute atomic E-state index is 0.164. The molecule has 2 unspecified atom stereocenters. The van der Waals surface area contributed by atoms with Crippen molar-refractivity contribution in [2.24, 2.45) is 11.8 Å². The monoisotopic (exact) mass is 730 g/mol. The maximum atomic E-state index is 2.49. The van der Waals surface area contributed by atoms with Gasteiger partial charge in [-0.2, -0.15) is 0 Å². The summed E-state index contributed by atoms with van der Waals surface area (Å²) in [7, 11) is 0. The van der Waals surface area contributed by atoms with Crippen LogP contribution in [0.15, 0.2) is 182 Å². The van der Waals surface area contributed by atoms with E-state index >= 15 is 0 Å². The smallest absolute Gasteiger partial charge is 0.0440 e. The van der Waals surface area contributed by atoms with E-state index in [0.717, 1.165) is 0 Å². The molecule has 0 aliphatic heterocycles. The van der Waals surface area contributed by atoms with Gasteiger partial charge in [0, 0.05) is 37.4 Å². The Morgan fingerprint density at radius 1 is 0.482 bits per heavy atom. The standard InChI is InChI=1S/C55H38S/c1-55(2)47-32-35(29-30-45(47)51-52-46-26-11-12-28-48(46)56-54(52)44-25-10-9-24-43(44)53(51)55)34-17-13-18-36(31-34)49-39-20-5-7-22-41(39)50(42-23-8-6-21-40(42)49)38-27-14-16-33-15-3-4-19-37(33)38/h3-33,37H,1-2H3. The number of allylic oxidation sites excluding steroid dienone is 8. The minimum Gasteiger partial charge on any atom is -0.135 e. The van der Waals surface area contributed by atoms with Crippen molar-refractivity contribution in [2.75, 3.05) is 0 Å². The van der Waals surface area contributed by atoms with Gasteiger partial charge >= 0.3 is 0 Å². The summed E-state index contributed by atoms with van der Waals surface area (Å²) in [5.74, 6) is 0.710. The van der Waals surface area contributed by atoms with E-state index in [9.17, 15) is 0 Å². The van der Waals surface area contributed by atoms with Crippen LogP contribution in [0.1, 0.15) is 30.5 Å². The van der Waals surface area contributed by atoms with Gasteiger partial charge < -0.3 is 0 Å². The quantitative estimate of drug-likeness (QED) is 0.159. The van der Waals surface area contributed by atoms with Gasteiger partial charge in [0.2, 0.25) is 0 Å². The van der Waals surface area contributed by atoms with Crippen molar-refractivity contribution >= 4 is 69.4 Å². The lowest BCUT2D eigenvalue weighted by Crippen LogP contribution is -2.15. The third-order valence-corrected chi connectivity index (χ3v) is 14.2. The average Bonchev–Trinajstić information content (AvgIpc) is 3.75. The number of hydrogen-bond acceptors (Lipinski definition) is 1. The fourth-order valence-electron chi connectivity index (χ4n) is 10.5. The van der Waals surface area contributed by atoms with Crippen molar-refractivity contribution in [3.8, 4) is 33.4 Å². The number of benzene rings is 8. The maximum absolute atomic E-state index is 2.49. The Morgan fingerprint density at radius 2 is 1.09 bits per heavy atom. The Balaban J connectivity index is 1.05. The summed E-state index contributed by atoms with van der Waals surface area (Å²) in [6.45, 7) is 4.87. The molecule has 9 aromatic rings. The molecule has 0 nitrogen and oxygen atoms in total. The minimum atomic E-state index is -0.164. The molecule has 3 aliphatic carbocycles. The lowest BCUT2D eigenvalue weighted by molar-refractivity contribution is 0.667. The topological polar surface area (TPSA) is 0 Å². The first-order valence-corrected chi connectivity index (χ1v) is 20.7. The molecule has 56 heavy (non-hydrogen) atoms. The van der Waals surface area contributed by atoms with Gasteiger partial charge in [-0.25, -0.2) is 0 Å². The summed E-state index contributed by atoms with van der Waals surface area (Å²) in [5, 5.41) is 10.7. The fourth-order valence-corrected chi connectivity index (χ4v) is 11.8. The Hall–Kier alpha value is -6.28. The summed E-state index contributed by atoms with van der Waals surface area (Å²) < 4.78 is 2.75. The molecule has 264 valence electrons. The average molecular weight is 731 g/mol. The molecule has 1 aromatic heterocycles. The Labute approximate surface area is 331 Å². The van der Waals surface area contributed by atoms with Crippen LogP contribution in [0.2, 0.25) is 0 Å². The predicted molar refractivity (Wildman–Crippen MR) is 243 cm³/mol. The Morgan fingerprint density at radius 3 is 1.86 bits per heavy atom. The van der Waals surface area contributed by atoms with Gasteiger partial charge in [-0.1, -0.05) is 178 Å². The summed E-state index contributed by atoms with van der Waals surface area (Å²) in [4.78, 5) is 0. The molecule has 0 spiro atoms. The Kier molecular flexibility index (Phi) is 6.78. The predicted octanol–water partition coefficient (Wildman–Crippen LogP) is 15.5. The van der Waals surface area contributed by atoms with Crippen LogP contribution in [0, 0.1) is 11.8 Å². The van der Waals surface area contributed by atoms with Crippen molar-refractivity contribution in [2.45, 2.75) is 19.3 Å². The van der Waals surface area contributed by atoms with Gasteiger partial charge in [0.05, 0.1) is 0 Å². The van der Waals surface area contributed by atoms with E-state index < -0.39 is 0 Å². The lowest BCUT2D eigenvalue weighted by atomic mass is 9.74. The van der Waals surface area contributed by atoms with E-state index in [1.165, 1.54) is 108 Å². The number of thiophene rings is 1. The molecular formula is C55H38S. The molecule has 1 heteroatoms. The number of hydrogen-bond donors (Lipinski definition) is 0. The van der Waals surface area contributed by atoms with Crippen LogP contribution >= 0.6 is 11.3 Å². The normalized spacial score (nSPS) is 17.9. The molecule has 0 saturated heterocycles. The van der Waals surface area contributed by atoms with Crippen LogP contribution in [0.3, 0.4) is 0 Å². The second kappa shape index (κ2) is 11.9. The second-order valence-corrected chi connectivity index (χ2v) is 17.3. The van der Waals surface area contributed by atoms with Crippen LogP contribution in [0.4, 0.5) is 0 Å². The highest BCUT2D eigenvalue weighted by molar-refractivity contribution is 7.26. The van der Waals surface area contributed by atoms with Gasteiger partial charge in [-0.3, -0.25) is 0 Å². The van der Waals surface area contributed by atoms with Gasteiger partial charge in [-0.15, -0.1) is 11.3 Å².